The molecular formula is C22H23F3N2O3. The lowest BCUT2D eigenvalue weighted by atomic mass is 10.1. The lowest BCUT2D eigenvalue weighted by molar-refractivity contribution is -0.137. The van der Waals surface area contributed by atoms with E-state index < -0.39 is 35.4 Å². The second-order valence-electron chi connectivity index (χ2n) is 8.08. The molecule has 160 valence electrons. The van der Waals surface area contributed by atoms with Crippen molar-refractivity contribution in [3.8, 4) is 0 Å². The number of benzene rings is 2. The lowest BCUT2D eigenvalue weighted by Gasteiger charge is -2.27. The Hall–Kier alpha value is -3.03. The number of aryl methyl sites for hydroxylation is 1. The number of alkyl carbamates (subject to hydrolysis) is 1. The van der Waals surface area contributed by atoms with Crippen LogP contribution in [0.2, 0.25) is 0 Å². The van der Waals surface area contributed by atoms with E-state index in [1.54, 1.807) is 32.9 Å². The standard InChI is InChI=1S/C22H23F3N2O3/c1-21(2,3)30-20(29)26-17-13-8-14-6-4-5-7-18(14)27(19(17)28)16-11-9-15(10-12-16)22(23,24)25/h4-7,9-12,17H,8,13H2,1-3H3,(H,26,29). The smallest absolute Gasteiger partial charge is 0.416 e. The number of rotatable bonds is 2. The summed E-state index contributed by atoms with van der Waals surface area (Å²) in [5.41, 5.74) is 0.201. The molecule has 0 aliphatic carbocycles. The highest BCUT2D eigenvalue weighted by molar-refractivity contribution is 6.05. The normalized spacial score (nSPS) is 17.2. The van der Waals surface area contributed by atoms with Gasteiger partial charge >= 0.3 is 12.3 Å². The van der Waals surface area contributed by atoms with Gasteiger partial charge in [0.15, 0.2) is 0 Å². The lowest BCUT2D eigenvalue weighted by Crippen LogP contribution is -2.48. The molecule has 5 nitrogen and oxygen atoms in total. The Labute approximate surface area is 172 Å². The Morgan fingerprint density at radius 2 is 1.70 bits per heavy atom. The van der Waals surface area contributed by atoms with Crippen LogP contribution in [-0.4, -0.2) is 23.6 Å². The molecule has 30 heavy (non-hydrogen) atoms. The van der Waals surface area contributed by atoms with Gasteiger partial charge < -0.3 is 10.1 Å². The summed E-state index contributed by atoms with van der Waals surface area (Å²) in [6, 6.07) is 10.7. The number of ether oxygens (including phenoxy) is 1. The van der Waals surface area contributed by atoms with Crippen LogP contribution in [-0.2, 0) is 22.1 Å². The van der Waals surface area contributed by atoms with E-state index in [2.05, 4.69) is 5.32 Å². The maximum Gasteiger partial charge on any atom is 0.416 e. The number of hydrogen-bond donors (Lipinski definition) is 1. The number of amides is 2. The summed E-state index contributed by atoms with van der Waals surface area (Å²) in [7, 11) is 0. The fourth-order valence-corrected chi connectivity index (χ4v) is 3.29. The van der Waals surface area contributed by atoms with Crippen LogP contribution in [0.3, 0.4) is 0 Å². The monoisotopic (exact) mass is 420 g/mol. The summed E-state index contributed by atoms with van der Waals surface area (Å²) in [5.74, 6) is -0.439. The Morgan fingerprint density at radius 1 is 1.07 bits per heavy atom. The number of halogens is 3. The number of para-hydroxylation sites is 1. The molecule has 0 bridgehead atoms. The van der Waals surface area contributed by atoms with E-state index in [9.17, 15) is 22.8 Å². The first-order valence-electron chi connectivity index (χ1n) is 9.54. The molecule has 1 N–H and O–H groups in total. The highest BCUT2D eigenvalue weighted by atomic mass is 19.4. The molecule has 1 atom stereocenters. The molecule has 2 amide bonds. The molecule has 0 spiro atoms. The Balaban J connectivity index is 1.95. The van der Waals surface area contributed by atoms with Gasteiger partial charge in [0.2, 0.25) is 0 Å². The van der Waals surface area contributed by atoms with Crippen LogP contribution >= 0.6 is 0 Å². The van der Waals surface area contributed by atoms with Crippen molar-refractivity contribution in [2.75, 3.05) is 4.90 Å². The number of fused-ring (bicyclic) bond motifs is 1. The number of carbonyl (C=O) groups is 2. The van der Waals surface area contributed by atoms with Crippen molar-refractivity contribution in [3.63, 3.8) is 0 Å². The van der Waals surface area contributed by atoms with Crippen molar-refractivity contribution in [1.82, 2.24) is 5.32 Å². The van der Waals surface area contributed by atoms with Gasteiger partial charge in [-0.05, 0) is 69.5 Å². The van der Waals surface area contributed by atoms with Crippen LogP contribution in [0.5, 0.6) is 0 Å². The van der Waals surface area contributed by atoms with Gasteiger partial charge in [-0.25, -0.2) is 4.79 Å². The van der Waals surface area contributed by atoms with E-state index in [1.165, 1.54) is 17.0 Å². The minimum Gasteiger partial charge on any atom is -0.444 e. The zero-order valence-corrected chi connectivity index (χ0v) is 16.9. The average Bonchev–Trinajstić information content (AvgIpc) is 2.77. The van der Waals surface area contributed by atoms with Gasteiger partial charge in [-0.3, -0.25) is 9.69 Å². The first-order valence-corrected chi connectivity index (χ1v) is 9.54. The van der Waals surface area contributed by atoms with Crippen molar-refractivity contribution < 1.29 is 27.5 Å². The number of nitrogens with zero attached hydrogens (tertiary/aromatic N) is 1. The zero-order chi connectivity index (χ0) is 22.1. The molecule has 1 heterocycles. The molecule has 2 aromatic rings. The molecule has 0 saturated heterocycles. The van der Waals surface area contributed by atoms with E-state index >= 15 is 0 Å². The molecule has 0 aromatic heterocycles. The quantitative estimate of drug-likeness (QED) is 0.726. The van der Waals surface area contributed by atoms with Crippen LogP contribution in [0.15, 0.2) is 48.5 Å². The van der Waals surface area contributed by atoms with E-state index in [-0.39, 0.29) is 0 Å². The molecule has 0 saturated carbocycles. The summed E-state index contributed by atoms with van der Waals surface area (Å²) in [5, 5.41) is 2.60. The molecule has 0 radical (unpaired) electrons. The summed E-state index contributed by atoms with van der Waals surface area (Å²) in [6.07, 6.45) is -4.34. The van der Waals surface area contributed by atoms with Crippen molar-refractivity contribution in [3.05, 3.63) is 59.7 Å². The first-order chi connectivity index (χ1) is 14.0. The SMILES string of the molecule is CC(C)(C)OC(=O)NC1CCc2ccccc2N(c2ccc(C(F)(F)F)cc2)C1=O. The molecule has 3 rings (SSSR count). The van der Waals surface area contributed by atoms with Gasteiger partial charge in [-0.2, -0.15) is 13.2 Å². The van der Waals surface area contributed by atoms with Gasteiger partial charge in [-0.15, -0.1) is 0 Å². The number of carbonyl (C=O) groups excluding carboxylic acids is 2. The summed E-state index contributed by atoms with van der Waals surface area (Å²) >= 11 is 0. The predicted molar refractivity (Wildman–Crippen MR) is 107 cm³/mol. The zero-order valence-electron chi connectivity index (χ0n) is 16.9. The predicted octanol–water partition coefficient (Wildman–Crippen LogP) is 5.21. The maximum absolute atomic E-state index is 13.3. The average molecular weight is 420 g/mol. The van der Waals surface area contributed by atoms with Crippen LogP contribution in [0.4, 0.5) is 29.3 Å². The van der Waals surface area contributed by atoms with E-state index in [4.69, 9.17) is 4.74 Å². The number of alkyl halides is 3. The highest BCUT2D eigenvalue weighted by Gasteiger charge is 2.34. The summed E-state index contributed by atoms with van der Waals surface area (Å²) in [4.78, 5) is 26.9. The van der Waals surface area contributed by atoms with Crippen molar-refractivity contribution in [1.29, 1.82) is 0 Å². The van der Waals surface area contributed by atoms with Crippen molar-refractivity contribution >= 4 is 23.4 Å². The summed E-state index contributed by atoms with van der Waals surface area (Å²) < 4.78 is 44.1. The van der Waals surface area contributed by atoms with Gasteiger partial charge in [0.05, 0.1) is 11.3 Å². The Bertz CT molecular complexity index is 934. The highest BCUT2D eigenvalue weighted by Crippen LogP contribution is 2.36. The van der Waals surface area contributed by atoms with E-state index in [1.807, 2.05) is 12.1 Å². The molecule has 2 aromatic carbocycles. The van der Waals surface area contributed by atoms with Gasteiger partial charge in [0, 0.05) is 5.69 Å². The second-order valence-corrected chi connectivity index (χ2v) is 8.08. The van der Waals surface area contributed by atoms with Gasteiger partial charge in [0.25, 0.3) is 5.91 Å². The molecule has 1 unspecified atom stereocenters. The third-order valence-electron chi connectivity index (χ3n) is 4.60. The summed E-state index contributed by atoms with van der Waals surface area (Å²) in [6.45, 7) is 5.14. The van der Waals surface area contributed by atoms with E-state index in [0.29, 0.717) is 24.2 Å². The topological polar surface area (TPSA) is 58.6 Å². The Kier molecular flexibility index (Phi) is 5.78. The van der Waals surface area contributed by atoms with Crippen molar-refractivity contribution in [2.45, 2.75) is 51.4 Å². The fraction of sp³-hybridized carbons (Fsp3) is 0.364. The van der Waals surface area contributed by atoms with Gasteiger partial charge in [0.1, 0.15) is 11.6 Å². The molecule has 1 aliphatic heterocycles. The van der Waals surface area contributed by atoms with Crippen LogP contribution in [0.1, 0.15) is 38.3 Å². The fourth-order valence-electron chi connectivity index (χ4n) is 3.29. The number of anilines is 2. The first kappa shape index (κ1) is 21.7. The minimum absolute atomic E-state index is 0.290. The van der Waals surface area contributed by atoms with Crippen molar-refractivity contribution in [2.24, 2.45) is 0 Å². The molecule has 1 aliphatic rings. The Morgan fingerprint density at radius 3 is 2.30 bits per heavy atom. The molecule has 0 fully saturated rings. The second kappa shape index (κ2) is 8.01. The van der Waals surface area contributed by atoms with Crippen LogP contribution in [0.25, 0.3) is 0 Å². The third-order valence-corrected chi connectivity index (χ3v) is 4.60. The largest absolute Gasteiger partial charge is 0.444 e. The maximum atomic E-state index is 13.3. The van der Waals surface area contributed by atoms with Gasteiger partial charge in [-0.1, -0.05) is 18.2 Å². The van der Waals surface area contributed by atoms with E-state index in [0.717, 1.165) is 17.7 Å². The molecular weight excluding hydrogens is 397 g/mol. The minimum atomic E-state index is -4.47. The number of nitrogens with one attached hydrogen (secondary N) is 1. The number of hydrogen-bond acceptors (Lipinski definition) is 3. The third kappa shape index (κ3) is 4.93. The van der Waals surface area contributed by atoms with Crippen LogP contribution in [0, 0.1) is 0 Å². The molecule has 8 heteroatoms. The van der Waals surface area contributed by atoms with Crippen LogP contribution < -0.4 is 10.2 Å².